The van der Waals surface area contributed by atoms with E-state index in [0.717, 1.165) is 41.5 Å². The Labute approximate surface area is 233 Å². The van der Waals surface area contributed by atoms with E-state index >= 15 is 0 Å². The molecule has 38 heavy (non-hydrogen) atoms. The predicted octanol–water partition coefficient (Wildman–Crippen LogP) is 8.04. The molecule has 1 heterocycles. The molecular formula is C30H31F2N2OPS2. The molecule has 0 radical (unpaired) electrons. The summed E-state index contributed by atoms with van der Waals surface area (Å²) in [5.74, 6) is 1.06. The molecule has 1 aliphatic carbocycles. The van der Waals surface area contributed by atoms with Gasteiger partial charge >= 0.3 is 0 Å². The maximum absolute atomic E-state index is 12.5. The fraction of sp³-hybridized carbons (Fsp3) is 0.267. The number of carbonyl (C=O) groups excluding carboxylic acids is 1. The number of aromatic nitrogens is 1. The Morgan fingerprint density at radius 1 is 0.921 bits per heavy atom. The minimum Gasteiger partial charge on any atom is -0.325 e. The number of thiazole rings is 1. The van der Waals surface area contributed by atoms with Crippen LogP contribution < -0.4 is 5.73 Å². The zero-order valence-electron chi connectivity index (χ0n) is 21.0. The predicted molar refractivity (Wildman–Crippen MR) is 159 cm³/mol. The first-order valence-electron chi connectivity index (χ1n) is 12.5. The Bertz CT molecular complexity index is 1300. The van der Waals surface area contributed by atoms with Crippen molar-refractivity contribution in [2.45, 2.75) is 41.1 Å². The van der Waals surface area contributed by atoms with Gasteiger partial charge < -0.3 is 10.5 Å². The molecule has 2 N–H and O–H groups in total. The standard InChI is InChI=1S/C28H25NOS2.C2H6F2NP/c30-20-28(24-15-7-5-13-22(24)23-14-6-8-16-25(23)28)17-9-2-10-18-31-27-29-26(19-32-27)21-11-3-1-4-12-21;3-2(4,6)1-5/h1,3-8,11-16,19-20H,2,9-10,17-18H2;1,5-6H2. The van der Waals surface area contributed by atoms with Gasteiger partial charge in [-0.05, 0) is 35.1 Å². The summed E-state index contributed by atoms with van der Waals surface area (Å²) >= 11 is 3.56. The van der Waals surface area contributed by atoms with Gasteiger partial charge in [0.25, 0.3) is 5.66 Å². The highest BCUT2D eigenvalue weighted by molar-refractivity contribution is 8.01. The molecule has 198 valence electrons. The maximum atomic E-state index is 12.5. The fourth-order valence-electron chi connectivity index (χ4n) is 4.72. The van der Waals surface area contributed by atoms with Crippen LogP contribution in [0.5, 0.6) is 0 Å². The molecule has 0 saturated carbocycles. The summed E-state index contributed by atoms with van der Waals surface area (Å²) < 4.78 is 23.7. The molecule has 0 bridgehead atoms. The van der Waals surface area contributed by atoms with E-state index in [1.807, 2.05) is 17.8 Å². The van der Waals surface area contributed by atoms with Gasteiger partial charge in [0.15, 0.2) is 4.34 Å². The van der Waals surface area contributed by atoms with Crippen molar-refractivity contribution in [3.63, 3.8) is 0 Å². The number of hydrogen-bond donors (Lipinski definition) is 1. The van der Waals surface area contributed by atoms with Crippen molar-refractivity contribution in [3.05, 3.63) is 95.4 Å². The van der Waals surface area contributed by atoms with E-state index < -0.39 is 17.6 Å². The molecule has 0 amide bonds. The lowest BCUT2D eigenvalue weighted by Gasteiger charge is -2.25. The number of carbonyl (C=O) groups is 1. The quantitative estimate of drug-likeness (QED) is 0.0911. The summed E-state index contributed by atoms with van der Waals surface area (Å²) in [7, 11) is 1.33. The first-order chi connectivity index (χ1) is 18.4. The van der Waals surface area contributed by atoms with E-state index in [1.54, 1.807) is 11.3 Å². The third kappa shape index (κ3) is 6.76. The molecule has 1 unspecified atom stereocenters. The topological polar surface area (TPSA) is 56.0 Å². The molecular weight excluding hydrogens is 537 g/mol. The first-order valence-corrected chi connectivity index (χ1v) is 15.0. The van der Waals surface area contributed by atoms with Crippen LogP contribution in [0.4, 0.5) is 8.78 Å². The molecule has 3 aromatic carbocycles. The second kappa shape index (κ2) is 13.1. The van der Waals surface area contributed by atoms with Gasteiger partial charge in [-0.2, -0.15) is 0 Å². The van der Waals surface area contributed by atoms with Crippen LogP contribution >= 0.6 is 32.3 Å². The van der Waals surface area contributed by atoms with Crippen molar-refractivity contribution in [3.8, 4) is 22.4 Å². The number of unbranched alkanes of at least 4 members (excludes halogenated alkanes) is 2. The number of benzene rings is 3. The SMILES string of the molecule is NCC(F)(F)P.O=CC1(CCCCCSc2nc(-c3ccccc3)cs2)c2ccccc2-c2ccccc21. The van der Waals surface area contributed by atoms with Crippen molar-refractivity contribution < 1.29 is 13.6 Å². The van der Waals surface area contributed by atoms with Crippen molar-refractivity contribution >= 4 is 38.6 Å². The van der Waals surface area contributed by atoms with Gasteiger partial charge in [-0.3, -0.25) is 0 Å². The number of hydrogen-bond acceptors (Lipinski definition) is 5. The number of thioether (sulfide) groups is 1. The van der Waals surface area contributed by atoms with Crippen LogP contribution in [0.25, 0.3) is 22.4 Å². The van der Waals surface area contributed by atoms with Gasteiger partial charge in [0.1, 0.15) is 6.29 Å². The molecule has 0 saturated heterocycles. The molecule has 0 aliphatic heterocycles. The van der Waals surface area contributed by atoms with E-state index in [2.05, 4.69) is 83.9 Å². The minimum atomic E-state index is -2.76. The highest BCUT2D eigenvalue weighted by Gasteiger charge is 2.42. The van der Waals surface area contributed by atoms with Gasteiger partial charge in [0, 0.05) is 16.7 Å². The van der Waals surface area contributed by atoms with E-state index in [9.17, 15) is 13.6 Å². The normalized spacial score (nSPS) is 13.3. The Morgan fingerprint density at radius 3 is 2.08 bits per heavy atom. The van der Waals surface area contributed by atoms with E-state index in [0.29, 0.717) is 0 Å². The monoisotopic (exact) mass is 568 g/mol. The van der Waals surface area contributed by atoms with E-state index in [4.69, 9.17) is 4.98 Å². The Kier molecular flexibility index (Phi) is 9.83. The van der Waals surface area contributed by atoms with Crippen molar-refractivity contribution in [1.29, 1.82) is 0 Å². The van der Waals surface area contributed by atoms with Crippen LogP contribution in [0, 0.1) is 0 Å². The van der Waals surface area contributed by atoms with E-state index in [1.165, 1.54) is 43.3 Å². The third-order valence-electron chi connectivity index (χ3n) is 6.57. The molecule has 8 heteroatoms. The summed E-state index contributed by atoms with van der Waals surface area (Å²) in [5, 5.41) is 2.14. The highest BCUT2D eigenvalue weighted by atomic mass is 32.2. The Morgan fingerprint density at radius 2 is 1.50 bits per heavy atom. The third-order valence-corrected chi connectivity index (χ3v) is 8.92. The summed E-state index contributed by atoms with van der Waals surface area (Å²) in [6.07, 6.45) is 5.33. The fourth-order valence-corrected chi connectivity index (χ4v) is 6.63. The summed E-state index contributed by atoms with van der Waals surface area (Å²) in [6, 6.07) is 27.1. The number of rotatable bonds is 10. The molecule has 1 aliphatic rings. The first kappa shape index (κ1) is 28.6. The van der Waals surface area contributed by atoms with Gasteiger partial charge in [-0.25, -0.2) is 13.8 Å². The van der Waals surface area contributed by atoms with Gasteiger partial charge in [-0.1, -0.05) is 113 Å². The molecule has 5 rings (SSSR count). The van der Waals surface area contributed by atoms with Crippen molar-refractivity contribution in [2.75, 3.05) is 12.3 Å². The lowest BCUT2D eigenvalue weighted by atomic mass is 9.75. The zero-order chi connectivity index (χ0) is 27.0. The zero-order valence-corrected chi connectivity index (χ0v) is 23.8. The van der Waals surface area contributed by atoms with Crippen LogP contribution in [0.15, 0.2) is 88.6 Å². The number of halogens is 2. The molecule has 1 atom stereocenters. The molecule has 4 aromatic rings. The van der Waals surface area contributed by atoms with Crippen LogP contribution in [0.2, 0.25) is 0 Å². The lowest BCUT2D eigenvalue weighted by molar-refractivity contribution is -0.111. The molecule has 3 nitrogen and oxygen atoms in total. The van der Waals surface area contributed by atoms with Crippen molar-refractivity contribution in [2.24, 2.45) is 5.73 Å². The Balaban J connectivity index is 0.000000505. The Hall–Kier alpha value is -2.44. The average molecular weight is 569 g/mol. The van der Waals surface area contributed by atoms with Crippen molar-refractivity contribution in [1.82, 2.24) is 4.98 Å². The lowest BCUT2D eigenvalue weighted by Crippen LogP contribution is -2.27. The summed E-state index contributed by atoms with van der Waals surface area (Å²) in [6.45, 7) is -0.600. The van der Waals surface area contributed by atoms with Gasteiger partial charge in [0.2, 0.25) is 0 Å². The number of nitrogens with two attached hydrogens (primary N) is 1. The molecule has 0 fully saturated rings. The van der Waals surface area contributed by atoms with Gasteiger partial charge in [-0.15, -0.1) is 11.3 Å². The van der Waals surface area contributed by atoms with Gasteiger partial charge in [0.05, 0.1) is 17.7 Å². The van der Waals surface area contributed by atoms with Crippen LogP contribution in [-0.2, 0) is 10.2 Å². The number of nitrogens with zero attached hydrogens (tertiary/aromatic N) is 1. The van der Waals surface area contributed by atoms with Crippen LogP contribution in [0.1, 0.15) is 36.8 Å². The minimum absolute atomic E-state index is 0.500. The summed E-state index contributed by atoms with van der Waals surface area (Å²) in [4.78, 5) is 17.2. The second-order valence-corrected chi connectivity index (χ2v) is 12.2. The van der Waals surface area contributed by atoms with Crippen LogP contribution in [-0.4, -0.2) is 29.2 Å². The number of fused-ring (bicyclic) bond motifs is 3. The smallest absolute Gasteiger partial charge is 0.270 e. The number of alkyl halides is 2. The highest BCUT2D eigenvalue weighted by Crippen LogP contribution is 2.50. The number of aldehydes is 1. The molecule has 1 aromatic heterocycles. The second-order valence-electron chi connectivity index (χ2n) is 9.17. The molecule has 0 spiro atoms. The maximum Gasteiger partial charge on any atom is 0.270 e. The largest absolute Gasteiger partial charge is 0.325 e. The van der Waals surface area contributed by atoms with E-state index in [-0.39, 0.29) is 0 Å². The van der Waals surface area contributed by atoms with Crippen LogP contribution in [0.3, 0.4) is 0 Å². The summed E-state index contributed by atoms with van der Waals surface area (Å²) in [5.41, 5.74) is 8.26. The average Bonchev–Trinajstić information content (AvgIpc) is 3.53.